The average Bonchev–Trinajstić information content (AvgIpc) is 3.49. The fraction of sp³-hybridized carbons (Fsp3) is 0.136. The van der Waals surface area contributed by atoms with Gasteiger partial charge in [0.25, 0.3) is 5.91 Å². The van der Waals surface area contributed by atoms with Gasteiger partial charge in [0.2, 0.25) is 6.79 Å². The number of fused-ring (bicyclic) bond motifs is 1. The highest BCUT2D eigenvalue weighted by Crippen LogP contribution is 2.34. The maximum Gasteiger partial charge on any atom is 0.276 e. The summed E-state index contributed by atoms with van der Waals surface area (Å²) in [4.78, 5) is 22.4. The Hall–Kier alpha value is -3.72. The molecule has 4 aromatic rings. The van der Waals surface area contributed by atoms with Crippen LogP contribution in [-0.2, 0) is 6.42 Å². The van der Waals surface area contributed by atoms with E-state index in [2.05, 4.69) is 15.3 Å². The number of rotatable bonds is 5. The normalized spacial score (nSPS) is 12.2. The summed E-state index contributed by atoms with van der Waals surface area (Å²) < 4.78 is 25.6. The van der Waals surface area contributed by atoms with Crippen molar-refractivity contribution in [3.8, 4) is 17.2 Å². The number of carbonyl (C=O) groups excluding carboxylic acids is 1. The molecule has 7 nitrogen and oxygen atoms in total. The van der Waals surface area contributed by atoms with Gasteiger partial charge in [-0.1, -0.05) is 6.07 Å². The van der Waals surface area contributed by atoms with Crippen molar-refractivity contribution in [2.24, 2.45) is 0 Å². The smallest absolute Gasteiger partial charge is 0.276 e. The van der Waals surface area contributed by atoms with E-state index in [4.69, 9.17) is 9.47 Å². The number of amides is 1. The number of nitrogens with zero attached hydrogens (tertiary/aromatic N) is 3. The summed E-state index contributed by atoms with van der Waals surface area (Å²) in [7, 11) is 0. The Balaban J connectivity index is 1.33. The highest BCUT2D eigenvalue weighted by Gasteiger charge is 2.18. The molecule has 0 spiro atoms. The molecule has 0 atom stereocenters. The lowest BCUT2D eigenvalue weighted by Gasteiger charge is -2.07. The Morgan fingerprint density at radius 1 is 1.19 bits per heavy atom. The first kappa shape index (κ1) is 19.3. The van der Waals surface area contributed by atoms with Crippen molar-refractivity contribution in [3.63, 3.8) is 0 Å². The van der Waals surface area contributed by atoms with Crippen LogP contribution in [0.4, 0.5) is 9.52 Å². The second kappa shape index (κ2) is 7.84. The third kappa shape index (κ3) is 3.87. The number of carbonyl (C=O) groups is 1. The number of thiazole rings is 1. The first-order chi connectivity index (χ1) is 15.1. The minimum atomic E-state index is -0.344. The van der Waals surface area contributed by atoms with E-state index in [1.807, 2.05) is 25.1 Å². The minimum absolute atomic E-state index is 0.239. The zero-order chi connectivity index (χ0) is 21.4. The number of aromatic nitrogens is 3. The quantitative estimate of drug-likeness (QED) is 0.503. The van der Waals surface area contributed by atoms with Crippen LogP contribution in [0.2, 0.25) is 0 Å². The van der Waals surface area contributed by atoms with E-state index in [1.165, 1.54) is 36.0 Å². The summed E-state index contributed by atoms with van der Waals surface area (Å²) in [6.07, 6.45) is 3.65. The number of aryl methyl sites for hydroxylation is 1. The van der Waals surface area contributed by atoms with Gasteiger partial charge in [-0.2, -0.15) is 0 Å². The van der Waals surface area contributed by atoms with Crippen LogP contribution in [0.5, 0.6) is 11.5 Å². The molecule has 0 saturated carbocycles. The Morgan fingerprint density at radius 2 is 2.00 bits per heavy atom. The van der Waals surface area contributed by atoms with Crippen LogP contribution < -0.4 is 14.8 Å². The molecule has 0 unspecified atom stereocenters. The van der Waals surface area contributed by atoms with Gasteiger partial charge in [-0.3, -0.25) is 14.7 Å². The van der Waals surface area contributed by atoms with Crippen LogP contribution in [0.3, 0.4) is 0 Å². The van der Waals surface area contributed by atoms with Gasteiger partial charge in [0.15, 0.2) is 16.6 Å². The molecule has 1 N–H and O–H groups in total. The SMILES string of the molecule is Cc1nc(NC(=O)c2cncn2-c2ccc(F)cc2)sc1Cc1ccc2c(c1)OCO2. The maximum absolute atomic E-state index is 13.2. The predicted molar refractivity (Wildman–Crippen MR) is 114 cm³/mol. The van der Waals surface area contributed by atoms with E-state index >= 15 is 0 Å². The number of hydrogen-bond acceptors (Lipinski definition) is 6. The van der Waals surface area contributed by atoms with E-state index in [0.717, 1.165) is 27.6 Å². The van der Waals surface area contributed by atoms with Gasteiger partial charge in [-0.15, -0.1) is 11.3 Å². The Morgan fingerprint density at radius 3 is 2.84 bits per heavy atom. The van der Waals surface area contributed by atoms with E-state index in [-0.39, 0.29) is 18.5 Å². The third-order valence-electron chi connectivity index (χ3n) is 4.89. The zero-order valence-corrected chi connectivity index (χ0v) is 17.3. The molecule has 31 heavy (non-hydrogen) atoms. The maximum atomic E-state index is 13.2. The lowest BCUT2D eigenvalue weighted by atomic mass is 10.1. The largest absolute Gasteiger partial charge is 0.454 e. The van der Waals surface area contributed by atoms with Crippen LogP contribution in [0.25, 0.3) is 5.69 Å². The van der Waals surface area contributed by atoms with Crippen molar-refractivity contribution < 1.29 is 18.7 Å². The van der Waals surface area contributed by atoms with Crippen LogP contribution in [0, 0.1) is 12.7 Å². The molecule has 0 aliphatic carbocycles. The first-order valence-electron chi connectivity index (χ1n) is 9.51. The molecule has 1 aliphatic rings. The molecule has 2 aromatic carbocycles. The van der Waals surface area contributed by atoms with E-state index in [9.17, 15) is 9.18 Å². The number of imidazole rings is 1. The summed E-state index contributed by atoms with van der Waals surface area (Å²) in [5.74, 6) is 0.797. The Labute approximate surface area is 181 Å². The van der Waals surface area contributed by atoms with E-state index in [0.29, 0.717) is 22.9 Å². The van der Waals surface area contributed by atoms with Crippen molar-refractivity contribution in [2.45, 2.75) is 13.3 Å². The van der Waals surface area contributed by atoms with Gasteiger partial charge < -0.3 is 9.47 Å². The minimum Gasteiger partial charge on any atom is -0.454 e. The number of benzene rings is 2. The van der Waals surface area contributed by atoms with Gasteiger partial charge in [0.05, 0.1) is 18.2 Å². The van der Waals surface area contributed by atoms with Crippen LogP contribution in [0.15, 0.2) is 55.0 Å². The summed E-state index contributed by atoms with van der Waals surface area (Å²) in [5.41, 5.74) is 2.90. The highest BCUT2D eigenvalue weighted by molar-refractivity contribution is 7.15. The lowest BCUT2D eigenvalue weighted by molar-refractivity contribution is 0.102. The number of halogens is 1. The summed E-state index contributed by atoms with van der Waals surface area (Å²) in [5, 5.41) is 3.35. The second-order valence-corrected chi connectivity index (χ2v) is 8.06. The monoisotopic (exact) mass is 436 g/mol. The van der Waals surface area contributed by atoms with Gasteiger partial charge in [0, 0.05) is 17.0 Å². The van der Waals surface area contributed by atoms with E-state index < -0.39 is 0 Å². The highest BCUT2D eigenvalue weighted by atomic mass is 32.1. The van der Waals surface area contributed by atoms with Crippen molar-refractivity contribution >= 4 is 22.4 Å². The third-order valence-corrected chi connectivity index (χ3v) is 5.96. The second-order valence-electron chi connectivity index (χ2n) is 6.97. The van der Waals surface area contributed by atoms with Crippen molar-refractivity contribution in [3.05, 3.63) is 82.6 Å². The molecule has 5 rings (SSSR count). The summed E-state index contributed by atoms with van der Waals surface area (Å²) in [6, 6.07) is 11.7. The van der Waals surface area contributed by atoms with Crippen LogP contribution in [0.1, 0.15) is 26.6 Å². The van der Waals surface area contributed by atoms with Crippen LogP contribution in [-0.4, -0.2) is 27.2 Å². The van der Waals surface area contributed by atoms with E-state index in [1.54, 1.807) is 16.7 Å². The van der Waals surface area contributed by atoms with Gasteiger partial charge >= 0.3 is 0 Å². The molecule has 156 valence electrons. The number of anilines is 1. The molecule has 3 heterocycles. The van der Waals surface area contributed by atoms with Gasteiger partial charge in [0.1, 0.15) is 11.5 Å². The molecule has 0 fully saturated rings. The molecule has 0 radical (unpaired) electrons. The molecule has 0 saturated heterocycles. The topological polar surface area (TPSA) is 78.3 Å². The van der Waals surface area contributed by atoms with Crippen LogP contribution >= 0.6 is 11.3 Å². The molecule has 1 aliphatic heterocycles. The summed E-state index contributed by atoms with van der Waals surface area (Å²) in [6.45, 7) is 2.15. The predicted octanol–water partition coefficient (Wildman–Crippen LogP) is 4.35. The number of nitrogens with one attached hydrogen (secondary N) is 1. The standard InChI is InChI=1S/C22H17FN4O3S/c1-13-20(9-14-2-7-18-19(8-14)30-12-29-18)31-22(25-13)26-21(28)17-10-24-11-27(17)16-5-3-15(23)4-6-16/h2-8,10-11H,9,12H2,1H3,(H,25,26,28). The average molecular weight is 436 g/mol. The lowest BCUT2D eigenvalue weighted by Crippen LogP contribution is -2.16. The molecule has 2 aromatic heterocycles. The van der Waals surface area contributed by atoms with Crippen molar-refractivity contribution in [2.75, 3.05) is 12.1 Å². The fourth-order valence-electron chi connectivity index (χ4n) is 3.31. The molecular weight excluding hydrogens is 419 g/mol. The van der Waals surface area contributed by atoms with Crippen molar-refractivity contribution in [1.29, 1.82) is 0 Å². The Kier molecular flexibility index (Phi) is 4.87. The Bertz CT molecular complexity index is 1270. The number of hydrogen-bond donors (Lipinski definition) is 1. The van der Waals surface area contributed by atoms with Gasteiger partial charge in [-0.05, 0) is 48.9 Å². The summed E-state index contributed by atoms with van der Waals surface area (Å²) >= 11 is 1.42. The molecule has 0 bridgehead atoms. The molecular formula is C22H17FN4O3S. The number of ether oxygens (including phenoxy) is 2. The van der Waals surface area contributed by atoms with Gasteiger partial charge in [-0.25, -0.2) is 14.4 Å². The van der Waals surface area contributed by atoms with Crippen molar-refractivity contribution in [1.82, 2.24) is 14.5 Å². The zero-order valence-electron chi connectivity index (χ0n) is 16.5. The molecule has 9 heteroatoms. The molecule has 1 amide bonds. The fourth-order valence-corrected chi connectivity index (χ4v) is 4.31. The first-order valence-corrected chi connectivity index (χ1v) is 10.3.